The number of hydrogen-bond donors (Lipinski definition) is 1. The lowest BCUT2D eigenvalue weighted by atomic mass is 10.0. The summed E-state index contributed by atoms with van der Waals surface area (Å²) in [6, 6.07) is 17.3. The predicted octanol–water partition coefficient (Wildman–Crippen LogP) is 3.45. The summed E-state index contributed by atoms with van der Waals surface area (Å²) in [4.78, 5) is 23.1. The van der Waals surface area contributed by atoms with Gasteiger partial charge in [-0.05, 0) is 30.5 Å². The van der Waals surface area contributed by atoms with Crippen LogP contribution in [0.15, 0.2) is 54.6 Å². The van der Waals surface area contributed by atoms with E-state index >= 15 is 0 Å². The number of esters is 1. The van der Waals surface area contributed by atoms with Gasteiger partial charge in [0.25, 0.3) is 0 Å². The molecule has 0 aromatic heterocycles. The lowest BCUT2D eigenvalue weighted by Crippen LogP contribution is -2.58. The largest absolute Gasteiger partial charge is 0.458 e. The molecule has 0 spiro atoms. The molecule has 1 fully saturated rings. The maximum atomic E-state index is 11.9. The molecule has 5 nitrogen and oxygen atoms in total. The highest BCUT2D eigenvalue weighted by molar-refractivity contribution is 5.86. The van der Waals surface area contributed by atoms with Crippen molar-refractivity contribution in [3.63, 3.8) is 0 Å². The molecule has 2 aromatic carbocycles. The van der Waals surface area contributed by atoms with Crippen molar-refractivity contribution in [1.82, 2.24) is 5.32 Å². The molecular weight excluding hydrogens is 306 g/mol. The van der Waals surface area contributed by atoms with Crippen molar-refractivity contribution < 1.29 is 19.1 Å². The van der Waals surface area contributed by atoms with E-state index in [1.165, 1.54) is 0 Å². The SMILES string of the molecule is C[C@@H]1OC(=O)[C@@H]1NC(=O)O[C@H](C)c1ccc(-c2ccccc2)cc1. The number of benzene rings is 2. The zero-order valence-corrected chi connectivity index (χ0v) is 13.6. The Kier molecular flexibility index (Phi) is 4.51. The van der Waals surface area contributed by atoms with Gasteiger partial charge in [-0.25, -0.2) is 9.59 Å². The summed E-state index contributed by atoms with van der Waals surface area (Å²) in [6.07, 6.45) is -1.35. The first-order valence-corrected chi connectivity index (χ1v) is 7.87. The molecule has 3 rings (SSSR count). The van der Waals surface area contributed by atoms with Gasteiger partial charge in [-0.3, -0.25) is 0 Å². The molecule has 0 bridgehead atoms. The minimum absolute atomic E-state index is 0.314. The molecule has 1 aliphatic heterocycles. The van der Waals surface area contributed by atoms with E-state index in [0.29, 0.717) is 0 Å². The number of hydrogen-bond acceptors (Lipinski definition) is 4. The molecule has 5 heteroatoms. The molecular formula is C19H19NO4. The van der Waals surface area contributed by atoms with Crippen LogP contribution in [0.5, 0.6) is 0 Å². The van der Waals surface area contributed by atoms with E-state index < -0.39 is 24.2 Å². The smallest absolute Gasteiger partial charge is 0.408 e. The molecule has 24 heavy (non-hydrogen) atoms. The average Bonchev–Trinajstić information content (AvgIpc) is 2.61. The van der Waals surface area contributed by atoms with Crippen LogP contribution in [-0.4, -0.2) is 24.2 Å². The van der Waals surface area contributed by atoms with E-state index in [1.807, 2.05) is 54.6 Å². The average molecular weight is 325 g/mol. The Morgan fingerprint density at radius 2 is 1.71 bits per heavy atom. The van der Waals surface area contributed by atoms with Crippen molar-refractivity contribution >= 4 is 12.1 Å². The second-order valence-corrected chi connectivity index (χ2v) is 5.80. The molecule has 0 radical (unpaired) electrons. The molecule has 1 saturated heterocycles. The van der Waals surface area contributed by atoms with Gasteiger partial charge in [0.05, 0.1) is 0 Å². The van der Waals surface area contributed by atoms with Crippen LogP contribution in [0.1, 0.15) is 25.5 Å². The van der Waals surface area contributed by atoms with Crippen molar-refractivity contribution in [2.24, 2.45) is 0 Å². The number of carbonyl (C=O) groups excluding carboxylic acids is 2. The fourth-order valence-corrected chi connectivity index (χ4v) is 2.59. The van der Waals surface area contributed by atoms with Gasteiger partial charge in [0.2, 0.25) is 0 Å². The molecule has 2 aromatic rings. The van der Waals surface area contributed by atoms with Gasteiger partial charge in [0, 0.05) is 0 Å². The Morgan fingerprint density at radius 3 is 2.29 bits per heavy atom. The second-order valence-electron chi connectivity index (χ2n) is 5.80. The van der Waals surface area contributed by atoms with E-state index in [9.17, 15) is 9.59 Å². The Balaban J connectivity index is 1.60. The Hall–Kier alpha value is -2.82. The molecule has 1 heterocycles. The van der Waals surface area contributed by atoms with Crippen LogP contribution >= 0.6 is 0 Å². The Labute approximate surface area is 140 Å². The topological polar surface area (TPSA) is 64.6 Å². The third-order valence-corrected chi connectivity index (χ3v) is 4.07. The van der Waals surface area contributed by atoms with Crippen LogP contribution in [0.2, 0.25) is 0 Å². The van der Waals surface area contributed by atoms with Crippen LogP contribution in [-0.2, 0) is 14.3 Å². The monoisotopic (exact) mass is 325 g/mol. The molecule has 0 unspecified atom stereocenters. The summed E-state index contributed by atoms with van der Waals surface area (Å²) < 4.78 is 10.1. The minimum atomic E-state index is -0.622. The van der Waals surface area contributed by atoms with Crippen molar-refractivity contribution in [3.8, 4) is 11.1 Å². The van der Waals surface area contributed by atoms with Crippen LogP contribution in [0, 0.1) is 0 Å². The van der Waals surface area contributed by atoms with Gasteiger partial charge in [-0.2, -0.15) is 0 Å². The van der Waals surface area contributed by atoms with Gasteiger partial charge >= 0.3 is 12.1 Å². The molecule has 1 N–H and O–H groups in total. The van der Waals surface area contributed by atoms with E-state index in [0.717, 1.165) is 16.7 Å². The highest BCUT2D eigenvalue weighted by Crippen LogP contribution is 2.23. The van der Waals surface area contributed by atoms with Gasteiger partial charge in [0.1, 0.15) is 12.2 Å². The first-order valence-electron chi connectivity index (χ1n) is 7.87. The summed E-state index contributed by atoms with van der Waals surface area (Å²) in [6.45, 7) is 3.51. The van der Waals surface area contributed by atoms with Gasteiger partial charge < -0.3 is 14.8 Å². The van der Waals surface area contributed by atoms with E-state index in [-0.39, 0.29) is 6.10 Å². The van der Waals surface area contributed by atoms with Crippen molar-refractivity contribution in [2.75, 3.05) is 0 Å². The number of alkyl carbamates (subject to hydrolysis) is 1. The van der Waals surface area contributed by atoms with Crippen LogP contribution in [0.3, 0.4) is 0 Å². The summed E-state index contributed by atoms with van der Waals surface area (Å²) >= 11 is 0. The molecule has 0 saturated carbocycles. The first kappa shape index (κ1) is 16.1. The third-order valence-electron chi connectivity index (χ3n) is 4.07. The van der Waals surface area contributed by atoms with Crippen LogP contribution < -0.4 is 5.32 Å². The normalized spacial score (nSPS) is 20.5. The van der Waals surface area contributed by atoms with E-state index in [1.54, 1.807) is 13.8 Å². The number of amides is 1. The lowest BCUT2D eigenvalue weighted by molar-refractivity contribution is -0.174. The molecule has 1 amide bonds. The molecule has 1 aliphatic rings. The Morgan fingerprint density at radius 1 is 1.08 bits per heavy atom. The van der Waals surface area contributed by atoms with E-state index in [4.69, 9.17) is 9.47 Å². The number of nitrogens with one attached hydrogen (secondary N) is 1. The summed E-state index contributed by atoms with van der Waals surface area (Å²) in [5.74, 6) is -0.431. The molecule has 3 atom stereocenters. The first-order chi connectivity index (χ1) is 11.5. The van der Waals surface area contributed by atoms with Crippen molar-refractivity contribution in [3.05, 3.63) is 60.2 Å². The maximum absolute atomic E-state index is 11.9. The second kappa shape index (κ2) is 6.74. The number of ether oxygens (including phenoxy) is 2. The number of rotatable bonds is 4. The third kappa shape index (κ3) is 3.40. The van der Waals surface area contributed by atoms with Gasteiger partial charge in [-0.15, -0.1) is 0 Å². The zero-order valence-electron chi connectivity index (χ0n) is 13.6. The van der Waals surface area contributed by atoms with Crippen LogP contribution in [0.25, 0.3) is 11.1 Å². The van der Waals surface area contributed by atoms with Crippen LogP contribution in [0.4, 0.5) is 4.79 Å². The fraction of sp³-hybridized carbons (Fsp3) is 0.263. The summed E-state index contributed by atoms with van der Waals surface area (Å²) in [5.41, 5.74) is 3.11. The maximum Gasteiger partial charge on any atom is 0.408 e. The fourth-order valence-electron chi connectivity index (χ4n) is 2.59. The zero-order chi connectivity index (χ0) is 17.1. The number of cyclic esters (lactones) is 1. The number of carbonyl (C=O) groups is 2. The predicted molar refractivity (Wildman–Crippen MR) is 89.3 cm³/mol. The molecule has 124 valence electrons. The quantitative estimate of drug-likeness (QED) is 0.875. The van der Waals surface area contributed by atoms with Gasteiger partial charge in [0.15, 0.2) is 6.04 Å². The highest BCUT2D eigenvalue weighted by Gasteiger charge is 2.40. The van der Waals surface area contributed by atoms with Crippen molar-refractivity contribution in [2.45, 2.75) is 32.1 Å². The Bertz CT molecular complexity index is 727. The minimum Gasteiger partial charge on any atom is -0.458 e. The lowest BCUT2D eigenvalue weighted by Gasteiger charge is -2.32. The van der Waals surface area contributed by atoms with Crippen molar-refractivity contribution in [1.29, 1.82) is 0 Å². The van der Waals surface area contributed by atoms with Gasteiger partial charge in [-0.1, -0.05) is 54.6 Å². The standard InChI is InChI=1S/C19H19NO4/c1-12(24-19(22)20-17-13(2)23-18(17)21)14-8-10-16(11-9-14)15-6-4-3-5-7-15/h3-13,17H,1-2H3,(H,20,22)/t12-,13+,17-/m1/s1. The highest BCUT2D eigenvalue weighted by atomic mass is 16.6. The summed E-state index contributed by atoms with van der Waals surface area (Å²) in [7, 11) is 0. The molecule has 0 aliphatic carbocycles. The van der Waals surface area contributed by atoms with E-state index in [2.05, 4.69) is 5.32 Å². The summed E-state index contributed by atoms with van der Waals surface area (Å²) in [5, 5.41) is 2.52.